The van der Waals surface area contributed by atoms with Gasteiger partial charge in [-0.25, -0.2) is 4.99 Å². The number of allylic oxidation sites excluding steroid dienone is 4. The number of rotatable bonds is 2. The van der Waals surface area contributed by atoms with Crippen molar-refractivity contribution >= 4 is 11.9 Å². The topological polar surface area (TPSA) is 77.2 Å². The Balaban J connectivity index is 1.59. The number of hydrogen-bond donors (Lipinski definition) is 1. The van der Waals surface area contributed by atoms with E-state index in [1.807, 2.05) is 6.92 Å². The highest BCUT2D eigenvalue weighted by molar-refractivity contribution is 5.99. The highest BCUT2D eigenvalue weighted by Crippen LogP contribution is 2.39. The zero-order valence-electron chi connectivity index (χ0n) is 15.3. The molecule has 6 nitrogen and oxygen atoms in total. The molecular weight excluding hydrogens is 330 g/mol. The molecule has 0 radical (unpaired) electrons. The lowest BCUT2D eigenvalue weighted by Crippen LogP contribution is -2.49. The normalized spacial score (nSPS) is 33.9. The molecule has 0 aromatic rings. The number of nitrogens with two attached hydrogens (primary N) is 1. The number of aliphatic imine (C=N–C) groups is 1. The number of hydrogen-bond acceptors (Lipinski definition) is 5. The van der Waals surface area contributed by atoms with Crippen LogP contribution in [0.3, 0.4) is 0 Å². The largest absolute Gasteiger partial charge is 0.486 e. The summed E-state index contributed by atoms with van der Waals surface area (Å²) in [5.41, 5.74) is 6.42. The summed E-state index contributed by atoms with van der Waals surface area (Å²) in [5, 5.41) is 0. The molecule has 2 N–H and O–H groups in total. The molecule has 0 spiro atoms. The first kappa shape index (κ1) is 16.9. The number of nitrogens with zero attached hydrogens (tertiary/aromatic N) is 2. The molecule has 3 unspecified atom stereocenters. The number of fused-ring (bicyclic) bond motifs is 1. The van der Waals surface area contributed by atoms with Crippen LogP contribution in [0.1, 0.15) is 26.2 Å². The van der Waals surface area contributed by atoms with Gasteiger partial charge in [-0.15, -0.1) is 0 Å². The van der Waals surface area contributed by atoms with E-state index in [9.17, 15) is 4.79 Å². The van der Waals surface area contributed by atoms with Crippen molar-refractivity contribution < 1.29 is 14.3 Å². The summed E-state index contributed by atoms with van der Waals surface area (Å²) in [5.74, 6) is 2.70. The fourth-order valence-electron chi connectivity index (χ4n) is 3.98. The van der Waals surface area contributed by atoms with Gasteiger partial charge < -0.3 is 15.2 Å². The summed E-state index contributed by atoms with van der Waals surface area (Å²) < 4.78 is 11.4. The molecular formula is C20H25N3O3. The first-order valence-corrected chi connectivity index (χ1v) is 9.15. The van der Waals surface area contributed by atoms with Crippen LogP contribution in [0.2, 0.25) is 0 Å². The molecule has 26 heavy (non-hydrogen) atoms. The number of carbonyl (C=O) groups excluding carboxylic acids is 1. The molecule has 138 valence electrons. The second-order valence-electron chi connectivity index (χ2n) is 7.49. The summed E-state index contributed by atoms with van der Waals surface area (Å²) in [6.07, 6.45) is 13.1. The summed E-state index contributed by atoms with van der Waals surface area (Å²) in [6.45, 7) is 3.20. The fourth-order valence-corrected chi connectivity index (χ4v) is 3.98. The smallest absolute Gasteiger partial charge is 0.231 e. The van der Waals surface area contributed by atoms with Crippen LogP contribution in [0.4, 0.5) is 0 Å². The Bertz CT molecular complexity index is 777. The molecule has 3 atom stereocenters. The molecule has 0 aromatic heterocycles. The van der Waals surface area contributed by atoms with Crippen molar-refractivity contribution in [1.29, 1.82) is 0 Å². The van der Waals surface area contributed by atoms with Crippen molar-refractivity contribution in [3.8, 4) is 0 Å². The van der Waals surface area contributed by atoms with E-state index in [1.165, 1.54) is 4.90 Å². The Hall–Kier alpha value is -2.50. The van der Waals surface area contributed by atoms with Crippen molar-refractivity contribution in [2.24, 2.45) is 22.6 Å². The van der Waals surface area contributed by atoms with Crippen molar-refractivity contribution in [2.75, 3.05) is 20.3 Å². The molecule has 0 bridgehead atoms. The number of guanidine groups is 1. The van der Waals surface area contributed by atoms with Crippen LogP contribution in [0.25, 0.3) is 0 Å². The molecule has 0 saturated carbocycles. The fraction of sp³-hybridized carbons (Fsp3) is 0.500. The summed E-state index contributed by atoms with van der Waals surface area (Å²) >= 11 is 0. The van der Waals surface area contributed by atoms with E-state index in [-0.39, 0.29) is 11.9 Å². The molecule has 0 aromatic carbocycles. The molecule has 1 fully saturated rings. The Kier molecular flexibility index (Phi) is 4.13. The van der Waals surface area contributed by atoms with E-state index >= 15 is 0 Å². The third-order valence-electron chi connectivity index (χ3n) is 5.63. The minimum atomic E-state index is -0.601. The van der Waals surface area contributed by atoms with E-state index in [1.54, 1.807) is 7.05 Å². The zero-order valence-corrected chi connectivity index (χ0v) is 15.3. The number of carbonyl (C=O) groups is 1. The van der Waals surface area contributed by atoms with Gasteiger partial charge in [-0.1, -0.05) is 18.2 Å². The first-order chi connectivity index (χ1) is 12.5. The van der Waals surface area contributed by atoms with Crippen LogP contribution in [0.5, 0.6) is 0 Å². The van der Waals surface area contributed by atoms with E-state index in [4.69, 9.17) is 15.2 Å². The lowest BCUT2D eigenvalue weighted by Gasteiger charge is -2.37. The van der Waals surface area contributed by atoms with Crippen LogP contribution in [0.15, 0.2) is 52.5 Å². The highest BCUT2D eigenvalue weighted by atomic mass is 16.6. The third kappa shape index (κ3) is 2.93. The molecule has 2 heterocycles. The third-order valence-corrected chi connectivity index (χ3v) is 5.63. The first-order valence-electron chi connectivity index (χ1n) is 9.15. The van der Waals surface area contributed by atoms with Crippen LogP contribution >= 0.6 is 0 Å². The van der Waals surface area contributed by atoms with Gasteiger partial charge in [-0.05, 0) is 49.3 Å². The van der Waals surface area contributed by atoms with Gasteiger partial charge in [0.2, 0.25) is 5.91 Å². The van der Waals surface area contributed by atoms with E-state index in [2.05, 4.69) is 35.4 Å². The predicted octanol–water partition coefficient (Wildman–Crippen LogP) is 2.26. The van der Waals surface area contributed by atoms with Crippen LogP contribution in [-0.2, 0) is 14.3 Å². The van der Waals surface area contributed by atoms with Gasteiger partial charge in [0, 0.05) is 7.05 Å². The molecule has 4 aliphatic rings. The van der Waals surface area contributed by atoms with Gasteiger partial charge in [-0.3, -0.25) is 9.69 Å². The summed E-state index contributed by atoms with van der Waals surface area (Å²) in [4.78, 5) is 18.3. The molecule has 1 saturated heterocycles. The SMILES string of the molecule is CN1C(=O)CC(C)(C2=CC(C3C=C4OCCOC4=CC3)CC=C2)N=C1N. The van der Waals surface area contributed by atoms with Gasteiger partial charge in [0.25, 0.3) is 0 Å². The maximum atomic E-state index is 12.3. The molecule has 1 amide bonds. The van der Waals surface area contributed by atoms with E-state index in [0.717, 1.165) is 29.9 Å². The number of ether oxygens (including phenoxy) is 2. The van der Waals surface area contributed by atoms with Gasteiger partial charge in [0.05, 0.1) is 12.0 Å². The average Bonchev–Trinajstić information content (AvgIpc) is 2.66. The van der Waals surface area contributed by atoms with Gasteiger partial charge in [-0.2, -0.15) is 0 Å². The average molecular weight is 355 g/mol. The predicted molar refractivity (Wildman–Crippen MR) is 98.9 cm³/mol. The summed E-state index contributed by atoms with van der Waals surface area (Å²) in [7, 11) is 1.67. The standard InChI is InChI=1S/C20H25N3O3/c1-20(12-18(24)23(2)19(21)22-20)15-5-3-4-13(10-15)14-6-7-16-17(11-14)26-9-8-25-16/h3,5,7,10-11,13-14H,4,6,8-9,12H2,1-2H3,(H2,21,22). The Morgan fingerprint density at radius 2 is 1.92 bits per heavy atom. The zero-order chi connectivity index (χ0) is 18.3. The molecule has 2 aliphatic heterocycles. The molecule has 6 heteroatoms. The van der Waals surface area contributed by atoms with Crippen molar-refractivity contribution in [3.63, 3.8) is 0 Å². The van der Waals surface area contributed by atoms with Gasteiger partial charge in [0.15, 0.2) is 17.5 Å². The molecule has 4 rings (SSSR count). The molecule has 2 aliphatic carbocycles. The summed E-state index contributed by atoms with van der Waals surface area (Å²) in [6, 6.07) is 0. The van der Waals surface area contributed by atoms with E-state index in [0.29, 0.717) is 31.5 Å². The minimum absolute atomic E-state index is 0.00321. The lowest BCUT2D eigenvalue weighted by atomic mass is 9.76. The van der Waals surface area contributed by atoms with Crippen molar-refractivity contribution in [3.05, 3.63) is 47.5 Å². The minimum Gasteiger partial charge on any atom is -0.486 e. The van der Waals surface area contributed by atoms with Crippen molar-refractivity contribution in [2.45, 2.75) is 31.7 Å². The van der Waals surface area contributed by atoms with Crippen molar-refractivity contribution in [1.82, 2.24) is 4.90 Å². The lowest BCUT2D eigenvalue weighted by molar-refractivity contribution is -0.128. The second kappa shape index (κ2) is 6.34. The quantitative estimate of drug-likeness (QED) is 0.824. The Morgan fingerprint density at radius 3 is 2.69 bits per heavy atom. The number of amides is 1. The van der Waals surface area contributed by atoms with Gasteiger partial charge >= 0.3 is 0 Å². The maximum absolute atomic E-state index is 12.3. The second-order valence-corrected chi connectivity index (χ2v) is 7.49. The van der Waals surface area contributed by atoms with Gasteiger partial charge in [0.1, 0.15) is 13.2 Å². The maximum Gasteiger partial charge on any atom is 0.231 e. The monoisotopic (exact) mass is 355 g/mol. The van der Waals surface area contributed by atoms with Crippen LogP contribution in [-0.4, -0.2) is 42.6 Å². The Labute approximate surface area is 153 Å². The van der Waals surface area contributed by atoms with Crippen LogP contribution in [0, 0.1) is 11.8 Å². The highest BCUT2D eigenvalue weighted by Gasteiger charge is 2.38. The van der Waals surface area contributed by atoms with Crippen LogP contribution < -0.4 is 5.73 Å². The van der Waals surface area contributed by atoms with E-state index < -0.39 is 5.54 Å². The Morgan fingerprint density at radius 1 is 1.19 bits per heavy atom.